The molecule has 0 aliphatic carbocycles. The van der Waals surface area contributed by atoms with Gasteiger partial charge in [-0.3, -0.25) is 9.89 Å². The minimum Gasteiger partial charge on any atom is -0.302 e. The van der Waals surface area contributed by atoms with Crippen LogP contribution in [0.4, 0.5) is 0 Å². The van der Waals surface area contributed by atoms with E-state index in [9.17, 15) is 4.79 Å². The molecule has 0 saturated carbocycles. The molecule has 10 heteroatoms. The van der Waals surface area contributed by atoms with Crippen molar-refractivity contribution in [2.45, 2.75) is 24.4 Å². The fraction of sp³-hybridized carbons (Fsp3) is 0.167. The molecule has 0 aliphatic rings. The molecule has 3 heterocycles. The molecule has 0 spiro atoms. The van der Waals surface area contributed by atoms with E-state index in [2.05, 4.69) is 20.3 Å². The summed E-state index contributed by atoms with van der Waals surface area (Å²) in [5, 5.41) is 21.9. The Morgan fingerprint density at radius 1 is 1.29 bits per heavy atom. The molecule has 1 N–H and O–H groups in total. The Labute approximate surface area is 168 Å². The first kappa shape index (κ1) is 18.3. The van der Waals surface area contributed by atoms with Gasteiger partial charge in [0.25, 0.3) is 5.56 Å². The highest BCUT2D eigenvalue weighted by Gasteiger charge is 2.15. The van der Waals surface area contributed by atoms with Gasteiger partial charge < -0.3 is 4.57 Å². The predicted octanol–water partition coefficient (Wildman–Crippen LogP) is 3.12. The van der Waals surface area contributed by atoms with Crippen LogP contribution in [0.3, 0.4) is 0 Å². The van der Waals surface area contributed by atoms with Gasteiger partial charge in [0.15, 0.2) is 16.6 Å². The van der Waals surface area contributed by atoms with Crippen LogP contribution in [0.1, 0.15) is 18.2 Å². The third kappa shape index (κ3) is 3.28. The molecule has 0 saturated heterocycles. The lowest BCUT2D eigenvalue weighted by molar-refractivity contribution is 0.687. The van der Waals surface area contributed by atoms with Crippen LogP contribution >= 0.6 is 23.4 Å². The summed E-state index contributed by atoms with van der Waals surface area (Å²) >= 11 is 7.40. The SMILES string of the molecule is CCn1c(SCc2cc(=O)n3[nH]cc(C#N)c3n2)nnc1-c1ccc(Cl)cc1. The number of rotatable bonds is 5. The predicted molar refractivity (Wildman–Crippen MR) is 106 cm³/mol. The zero-order valence-electron chi connectivity index (χ0n) is 14.8. The van der Waals surface area contributed by atoms with Gasteiger partial charge in [0, 0.05) is 35.1 Å². The van der Waals surface area contributed by atoms with Gasteiger partial charge >= 0.3 is 0 Å². The van der Waals surface area contributed by atoms with Crippen LogP contribution in [0.5, 0.6) is 0 Å². The average molecular weight is 412 g/mol. The molecule has 0 amide bonds. The maximum Gasteiger partial charge on any atom is 0.272 e. The van der Waals surface area contributed by atoms with E-state index in [1.807, 2.05) is 41.8 Å². The summed E-state index contributed by atoms with van der Waals surface area (Å²) in [5.74, 6) is 1.18. The summed E-state index contributed by atoms with van der Waals surface area (Å²) in [6.45, 7) is 2.71. The van der Waals surface area contributed by atoms with E-state index in [1.54, 1.807) is 0 Å². The third-order valence-corrected chi connectivity index (χ3v) is 5.41. The number of nitrogens with one attached hydrogen (secondary N) is 1. The number of halogens is 1. The molecule has 0 aliphatic heterocycles. The van der Waals surface area contributed by atoms with E-state index in [-0.39, 0.29) is 5.56 Å². The number of H-pyrrole nitrogens is 1. The van der Waals surface area contributed by atoms with Crippen molar-refractivity contribution in [3.63, 3.8) is 0 Å². The topological polar surface area (TPSA) is 105 Å². The van der Waals surface area contributed by atoms with Gasteiger partial charge in [-0.15, -0.1) is 10.2 Å². The second-order valence-electron chi connectivity index (χ2n) is 5.89. The van der Waals surface area contributed by atoms with E-state index < -0.39 is 0 Å². The summed E-state index contributed by atoms with van der Waals surface area (Å²) in [5.41, 5.74) is 1.88. The molecule has 4 rings (SSSR count). The number of aromatic nitrogens is 6. The van der Waals surface area contributed by atoms with Crippen molar-refractivity contribution in [3.8, 4) is 17.5 Å². The Hall–Kier alpha value is -3.09. The fourth-order valence-corrected chi connectivity index (χ4v) is 3.84. The van der Waals surface area contributed by atoms with Gasteiger partial charge in [-0.05, 0) is 31.2 Å². The molecular weight excluding hydrogens is 398 g/mol. The van der Waals surface area contributed by atoms with Crippen LogP contribution in [0, 0.1) is 11.3 Å². The number of hydrogen-bond acceptors (Lipinski definition) is 6. The van der Waals surface area contributed by atoms with Crippen LogP contribution < -0.4 is 5.56 Å². The quantitative estimate of drug-likeness (QED) is 0.506. The lowest BCUT2D eigenvalue weighted by Crippen LogP contribution is -2.15. The Bertz CT molecular complexity index is 1250. The summed E-state index contributed by atoms with van der Waals surface area (Å²) in [7, 11) is 0. The molecule has 4 aromatic rings. The first-order chi connectivity index (χ1) is 13.6. The molecule has 0 atom stereocenters. The summed E-state index contributed by atoms with van der Waals surface area (Å²) in [6, 6.07) is 10.9. The number of fused-ring (bicyclic) bond motifs is 1. The van der Waals surface area contributed by atoms with Crippen molar-refractivity contribution in [3.05, 3.63) is 63.2 Å². The van der Waals surface area contributed by atoms with Gasteiger partial charge in [-0.2, -0.15) is 5.26 Å². The standard InChI is InChI=1S/C18H14ClN7OS/c1-2-25-17(11-3-5-13(19)6-4-11)23-24-18(25)28-10-14-7-15(27)26-16(22-14)12(8-20)9-21-26/h3-7,9,21H,2,10H2,1H3. The van der Waals surface area contributed by atoms with E-state index in [0.29, 0.717) is 34.2 Å². The molecule has 0 bridgehead atoms. The van der Waals surface area contributed by atoms with Crippen molar-refractivity contribution < 1.29 is 0 Å². The summed E-state index contributed by atoms with van der Waals surface area (Å²) < 4.78 is 3.25. The zero-order valence-corrected chi connectivity index (χ0v) is 16.3. The largest absolute Gasteiger partial charge is 0.302 e. The van der Waals surface area contributed by atoms with E-state index >= 15 is 0 Å². The lowest BCUT2D eigenvalue weighted by Gasteiger charge is -2.07. The molecule has 140 valence electrons. The number of benzene rings is 1. The first-order valence-electron chi connectivity index (χ1n) is 8.42. The highest BCUT2D eigenvalue weighted by Crippen LogP contribution is 2.26. The van der Waals surface area contributed by atoms with E-state index in [4.69, 9.17) is 16.9 Å². The van der Waals surface area contributed by atoms with Gasteiger partial charge in [0.05, 0.1) is 5.69 Å². The first-order valence-corrected chi connectivity index (χ1v) is 9.79. The smallest absolute Gasteiger partial charge is 0.272 e. The van der Waals surface area contributed by atoms with Crippen molar-refractivity contribution in [1.29, 1.82) is 5.26 Å². The second kappa shape index (κ2) is 7.50. The number of aromatic amines is 1. The summed E-state index contributed by atoms with van der Waals surface area (Å²) in [6.07, 6.45) is 1.47. The minimum atomic E-state index is -0.263. The molecule has 0 radical (unpaired) electrons. The highest BCUT2D eigenvalue weighted by molar-refractivity contribution is 7.98. The molecule has 1 aromatic carbocycles. The minimum absolute atomic E-state index is 0.263. The third-order valence-electron chi connectivity index (χ3n) is 4.16. The summed E-state index contributed by atoms with van der Waals surface area (Å²) in [4.78, 5) is 16.6. The van der Waals surface area contributed by atoms with Gasteiger partial charge in [0.1, 0.15) is 11.6 Å². The van der Waals surface area contributed by atoms with Crippen molar-refractivity contribution in [1.82, 2.24) is 29.4 Å². The molecule has 3 aromatic heterocycles. The van der Waals surface area contributed by atoms with Crippen LogP contribution in [0.2, 0.25) is 5.02 Å². The van der Waals surface area contributed by atoms with Crippen LogP contribution in [0.15, 0.2) is 46.5 Å². The lowest BCUT2D eigenvalue weighted by atomic mass is 10.2. The average Bonchev–Trinajstić information content (AvgIpc) is 3.30. The van der Waals surface area contributed by atoms with Crippen molar-refractivity contribution in [2.24, 2.45) is 0 Å². The van der Waals surface area contributed by atoms with E-state index in [0.717, 1.165) is 16.5 Å². The van der Waals surface area contributed by atoms with Gasteiger partial charge in [-0.1, -0.05) is 23.4 Å². The molecular formula is C18H14ClN7OS. The molecule has 0 fully saturated rings. The molecule has 0 unspecified atom stereocenters. The highest BCUT2D eigenvalue weighted by atomic mass is 35.5. The zero-order chi connectivity index (χ0) is 19.7. The van der Waals surface area contributed by atoms with Crippen LogP contribution in [0.25, 0.3) is 17.0 Å². The van der Waals surface area contributed by atoms with Crippen LogP contribution in [-0.2, 0) is 12.3 Å². The number of nitriles is 1. The van der Waals surface area contributed by atoms with Gasteiger partial charge in [-0.25, -0.2) is 9.50 Å². The van der Waals surface area contributed by atoms with Gasteiger partial charge in [0.2, 0.25) is 0 Å². The fourth-order valence-electron chi connectivity index (χ4n) is 2.82. The number of nitrogens with zero attached hydrogens (tertiary/aromatic N) is 6. The Morgan fingerprint density at radius 3 is 2.79 bits per heavy atom. The molecule has 28 heavy (non-hydrogen) atoms. The Kier molecular flexibility index (Phi) is 4.90. The maximum atomic E-state index is 12.2. The second-order valence-corrected chi connectivity index (χ2v) is 7.27. The monoisotopic (exact) mass is 411 g/mol. The molecule has 8 nitrogen and oxygen atoms in total. The van der Waals surface area contributed by atoms with Crippen molar-refractivity contribution >= 4 is 29.0 Å². The number of thioether (sulfide) groups is 1. The van der Waals surface area contributed by atoms with Crippen molar-refractivity contribution in [2.75, 3.05) is 0 Å². The van der Waals surface area contributed by atoms with Crippen LogP contribution in [-0.4, -0.2) is 29.4 Å². The Balaban J connectivity index is 1.62. The maximum absolute atomic E-state index is 12.2. The number of hydrogen-bond donors (Lipinski definition) is 1. The Morgan fingerprint density at radius 2 is 2.07 bits per heavy atom. The normalized spacial score (nSPS) is 11.0. The van der Waals surface area contributed by atoms with E-state index in [1.165, 1.54) is 28.5 Å².